The molecular formula is C15H19NO. The van der Waals surface area contributed by atoms with Crippen molar-refractivity contribution in [1.82, 2.24) is 5.32 Å². The molecule has 1 heterocycles. The summed E-state index contributed by atoms with van der Waals surface area (Å²) in [5.41, 5.74) is 2.45. The second kappa shape index (κ2) is 3.95. The van der Waals surface area contributed by atoms with Crippen molar-refractivity contribution < 1.29 is 4.79 Å². The summed E-state index contributed by atoms with van der Waals surface area (Å²) in [4.78, 5) is 12.4. The Labute approximate surface area is 102 Å². The molecule has 1 aromatic rings. The average molecular weight is 229 g/mol. The Morgan fingerprint density at radius 2 is 2.29 bits per heavy atom. The summed E-state index contributed by atoms with van der Waals surface area (Å²) in [6.45, 7) is 3.87. The van der Waals surface area contributed by atoms with E-state index in [1.54, 1.807) is 0 Å². The molecule has 90 valence electrons. The molecule has 1 aliphatic heterocycles. The van der Waals surface area contributed by atoms with E-state index < -0.39 is 0 Å². The number of rotatable bonds is 2. The minimum atomic E-state index is -0.230. The van der Waals surface area contributed by atoms with Crippen LogP contribution in [0.2, 0.25) is 0 Å². The Hall–Kier alpha value is -1.15. The van der Waals surface area contributed by atoms with Crippen LogP contribution in [-0.4, -0.2) is 18.9 Å². The van der Waals surface area contributed by atoms with Crippen LogP contribution in [0.5, 0.6) is 0 Å². The number of hydrogen-bond acceptors (Lipinski definition) is 2. The van der Waals surface area contributed by atoms with Gasteiger partial charge in [-0.2, -0.15) is 0 Å². The topological polar surface area (TPSA) is 29.1 Å². The zero-order valence-corrected chi connectivity index (χ0v) is 10.3. The van der Waals surface area contributed by atoms with Crippen molar-refractivity contribution in [2.24, 2.45) is 5.92 Å². The second-order valence-corrected chi connectivity index (χ2v) is 5.42. The number of benzene rings is 1. The zero-order valence-electron chi connectivity index (χ0n) is 10.3. The first-order chi connectivity index (χ1) is 8.26. The molecule has 1 fully saturated rings. The predicted octanol–water partition coefficient (Wildman–Crippen LogP) is 2.07. The molecule has 3 rings (SSSR count). The van der Waals surface area contributed by atoms with E-state index in [0.717, 1.165) is 25.9 Å². The molecule has 1 saturated heterocycles. The van der Waals surface area contributed by atoms with Crippen LogP contribution < -0.4 is 5.32 Å². The van der Waals surface area contributed by atoms with E-state index in [0.29, 0.717) is 18.1 Å². The molecule has 1 aromatic carbocycles. The highest BCUT2D eigenvalue weighted by Gasteiger charge is 2.46. The van der Waals surface area contributed by atoms with Crippen LogP contribution >= 0.6 is 0 Å². The van der Waals surface area contributed by atoms with Gasteiger partial charge in [-0.15, -0.1) is 0 Å². The zero-order chi connectivity index (χ0) is 11.9. The van der Waals surface area contributed by atoms with E-state index in [2.05, 4.69) is 29.6 Å². The van der Waals surface area contributed by atoms with E-state index in [1.807, 2.05) is 6.92 Å². The minimum absolute atomic E-state index is 0.230. The fourth-order valence-corrected chi connectivity index (χ4v) is 3.65. The molecule has 2 nitrogen and oxygen atoms in total. The largest absolute Gasteiger partial charge is 0.315 e. The van der Waals surface area contributed by atoms with Gasteiger partial charge in [0.2, 0.25) is 0 Å². The molecule has 2 atom stereocenters. The smallest absolute Gasteiger partial charge is 0.144 e. The van der Waals surface area contributed by atoms with Crippen molar-refractivity contribution in [3.05, 3.63) is 35.4 Å². The Morgan fingerprint density at radius 1 is 1.47 bits per heavy atom. The van der Waals surface area contributed by atoms with Crippen molar-refractivity contribution in [2.45, 2.75) is 31.6 Å². The molecule has 2 unspecified atom stereocenters. The van der Waals surface area contributed by atoms with Gasteiger partial charge in [0.15, 0.2) is 0 Å². The van der Waals surface area contributed by atoms with E-state index in [1.165, 1.54) is 11.1 Å². The molecule has 1 N–H and O–H groups in total. The Kier molecular flexibility index (Phi) is 2.55. The third-order valence-corrected chi connectivity index (χ3v) is 4.39. The lowest BCUT2D eigenvalue weighted by molar-refractivity contribution is -0.126. The van der Waals surface area contributed by atoms with Gasteiger partial charge in [0.1, 0.15) is 5.78 Å². The lowest BCUT2D eigenvalue weighted by atomic mass is 9.61. The van der Waals surface area contributed by atoms with Crippen molar-refractivity contribution in [1.29, 1.82) is 0 Å². The average Bonchev–Trinajstić information content (AvgIpc) is 2.38. The third kappa shape index (κ3) is 1.54. The van der Waals surface area contributed by atoms with Crippen LogP contribution in [0.4, 0.5) is 0 Å². The summed E-state index contributed by atoms with van der Waals surface area (Å²) in [6, 6.07) is 8.52. The Morgan fingerprint density at radius 3 is 3.12 bits per heavy atom. The Balaban J connectivity index is 2.15. The highest BCUT2D eigenvalue weighted by Crippen LogP contribution is 2.42. The van der Waals surface area contributed by atoms with Gasteiger partial charge >= 0.3 is 0 Å². The Bertz CT molecular complexity index is 454. The van der Waals surface area contributed by atoms with Gasteiger partial charge in [-0.1, -0.05) is 31.2 Å². The van der Waals surface area contributed by atoms with Gasteiger partial charge in [0, 0.05) is 13.0 Å². The third-order valence-electron chi connectivity index (χ3n) is 4.39. The monoisotopic (exact) mass is 229 g/mol. The molecule has 1 aliphatic carbocycles. The SMILES string of the molecule is CCC(=O)C12CNCC(Cc3ccccc31)C2. The van der Waals surface area contributed by atoms with Crippen LogP contribution in [0.1, 0.15) is 30.9 Å². The van der Waals surface area contributed by atoms with Crippen molar-refractivity contribution in [3.63, 3.8) is 0 Å². The first-order valence-corrected chi connectivity index (χ1v) is 6.58. The predicted molar refractivity (Wildman–Crippen MR) is 68.1 cm³/mol. The summed E-state index contributed by atoms with van der Waals surface area (Å²) in [6.07, 6.45) is 2.81. The highest BCUT2D eigenvalue weighted by molar-refractivity contribution is 5.91. The summed E-state index contributed by atoms with van der Waals surface area (Å²) < 4.78 is 0. The number of hydrogen-bond donors (Lipinski definition) is 1. The van der Waals surface area contributed by atoms with E-state index in [4.69, 9.17) is 0 Å². The molecular weight excluding hydrogens is 210 g/mol. The van der Waals surface area contributed by atoms with Crippen LogP contribution in [0.3, 0.4) is 0 Å². The van der Waals surface area contributed by atoms with Crippen LogP contribution in [0.25, 0.3) is 0 Å². The molecule has 0 spiro atoms. The van der Waals surface area contributed by atoms with Gasteiger partial charge in [0.05, 0.1) is 5.41 Å². The van der Waals surface area contributed by atoms with Crippen LogP contribution in [0, 0.1) is 5.92 Å². The van der Waals surface area contributed by atoms with Gasteiger partial charge in [-0.3, -0.25) is 4.79 Å². The fourth-order valence-electron chi connectivity index (χ4n) is 3.65. The summed E-state index contributed by atoms with van der Waals surface area (Å²) >= 11 is 0. The van der Waals surface area contributed by atoms with E-state index in [-0.39, 0.29) is 5.41 Å². The summed E-state index contributed by atoms with van der Waals surface area (Å²) in [5.74, 6) is 1.04. The number of nitrogens with one attached hydrogen (secondary N) is 1. The van der Waals surface area contributed by atoms with E-state index in [9.17, 15) is 4.79 Å². The lowest BCUT2D eigenvalue weighted by Crippen LogP contribution is -2.55. The van der Waals surface area contributed by atoms with Crippen molar-refractivity contribution in [3.8, 4) is 0 Å². The quantitative estimate of drug-likeness (QED) is 0.841. The normalized spacial score (nSPS) is 30.8. The lowest BCUT2D eigenvalue weighted by Gasteiger charge is -2.45. The maximum atomic E-state index is 12.4. The molecule has 2 bridgehead atoms. The van der Waals surface area contributed by atoms with E-state index >= 15 is 0 Å². The number of carbonyl (C=O) groups is 1. The molecule has 0 amide bonds. The first kappa shape index (κ1) is 11.0. The number of piperidine rings is 1. The number of ketones is 1. The number of fused-ring (bicyclic) bond motifs is 4. The van der Waals surface area contributed by atoms with Gasteiger partial charge in [-0.05, 0) is 36.4 Å². The van der Waals surface area contributed by atoms with Crippen LogP contribution in [0.15, 0.2) is 24.3 Å². The first-order valence-electron chi connectivity index (χ1n) is 6.58. The highest BCUT2D eigenvalue weighted by atomic mass is 16.1. The molecule has 2 aliphatic rings. The van der Waals surface area contributed by atoms with Crippen molar-refractivity contribution >= 4 is 5.78 Å². The standard InChI is InChI=1S/C15H19NO/c1-2-14(17)15-8-11(9-16-10-15)7-12-5-3-4-6-13(12)15/h3-6,11,16H,2,7-10H2,1H3. The molecule has 0 radical (unpaired) electrons. The summed E-state index contributed by atoms with van der Waals surface area (Å²) in [5, 5.41) is 3.46. The maximum absolute atomic E-state index is 12.4. The minimum Gasteiger partial charge on any atom is -0.315 e. The summed E-state index contributed by atoms with van der Waals surface area (Å²) in [7, 11) is 0. The second-order valence-electron chi connectivity index (χ2n) is 5.42. The number of carbonyl (C=O) groups excluding carboxylic acids is 1. The molecule has 0 aromatic heterocycles. The molecule has 0 saturated carbocycles. The van der Waals surface area contributed by atoms with Crippen molar-refractivity contribution in [2.75, 3.05) is 13.1 Å². The number of Topliss-reactive ketones (excluding diaryl/α,β-unsaturated/α-hetero) is 1. The molecule has 17 heavy (non-hydrogen) atoms. The van der Waals surface area contributed by atoms with Gasteiger partial charge in [0.25, 0.3) is 0 Å². The molecule has 2 heteroatoms. The maximum Gasteiger partial charge on any atom is 0.144 e. The fraction of sp³-hybridized carbons (Fsp3) is 0.533. The van der Waals surface area contributed by atoms with Gasteiger partial charge < -0.3 is 5.32 Å². The van der Waals surface area contributed by atoms with Crippen LogP contribution in [-0.2, 0) is 16.6 Å². The van der Waals surface area contributed by atoms with Gasteiger partial charge in [-0.25, -0.2) is 0 Å².